The van der Waals surface area contributed by atoms with Gasteiger partial charge in [-0.2, -0.15) is 0 Å². The van der Waals surface area contributed by atoms with E-state index in [1.807, 2.05) is 29.3 Å². The third-order valence-corrected chi connectivity index (χ3v) is 5.67. The lowest BCUT2D eigenvalue weighted by atomic mass is 10.2. The molecule has 84 valence electrons. The smallest absolute Gasteiger partial charge is 0.168 e. The van der Waals surface area contributed by atoms with Crippen LogP contribution in [0.3, 0.4) is 0 Å². The van der Waals surface area contributed by atoms with E-state index in [-0.39, 0.29) is 0 Å². The van der Waals surface area contributed by atoms with Crippen LogP contribution in [-0.2, 0) is 6.54 Å². The number of rotatable bonds is 1. The average molecular weight is 258 g/mol. The van der Waals surface area contributed by atoms with Gasteiger partial charge in [-0.3, -0.25) is 0 Å². The van der Waals surface area contributed by atoms with Gasteiger partial charge in [0, 0.05) is 28.5 Å². The van der Waals surface area contributed by atoms with Gasteiger partial charge in [0.2, 0.25) is 0 Å². The van der Waals surface area contributed by atoms with Crippen LogP contribution in [0.5, 0.6) is 0 Å². The highest BCUT2D eigenvalue weighted by molar-refractivity contribution is 7.99. The van der Waals surface area contributed by atoms with Crippen molar-refractivity contribution in [2.45, 2.75) is 17.0 Å². The molecule has 4 heteroatoms. The van der Waals surface area contributed by atoms with Crippen molar-refractivity contribution in [2.24, 2.45) is 0 Å². The summed E-state index contributed by atoms with van der Waals surface area (Å²) in [6, 6.07) is 10.9. The molecule has 0 N–H and O–H groups in total. The monoisotopic (exact) mass is 258 g/mol. The summed E-state index contributed by atoms with van der Waals surface area (Å²) < 4.78 is 3.62. The van der Waals surface area contributed by atoms with Crippen LogP contribution in [0.4, 0.5) is 0 Å². The van der Waals surface area contributed by atoms with Gasteiger partial charge in [-0.1, -0.05) is 30.0 Å². The predicted octanol–water partition coefficient (Wildman–Crippen LogP) is 3.94. The number of hydrogen-bond acceptors (Lipinski definition) is 3. The molecule has 17 heavy (non-hydrogen) atoms. The van der Waals surface area contributed by atoms with Crippen molar-refractivity contribution in [1.29, 1.82) is 0 Å². The number of aromatic nitrogens is 2. The summed E-state index contributed by atoms with van der Waals surface area (Å²) in [5, 5.41) is 3.04. The lowest BCUT2D eigenvalue weighted by Gasteiger charge is -2.03. The highest BCUT2D eigenvalue weighted by Gasteiger charge is 2.25. The van der Waals surface area contributed by atoms with Gasteiger partial charge in [-0.25, -0.2) is 4.98 Å². The predicted molar refractivity (Wildman–Crippen MR) is 72.7 cm³/mol. The molecule has 2 nitrogen and oxygen atoms in total. The fourth-order valence-electron chi connectivity index (χ4n) is 2.20. The molecule has 0 amide bonds. The second-order valence-electron chi connectivity index (χ2n) is 4.16. The number of thiophene rings is 1. The number of nitrogens with zero attached hydrogens (tertiary/aromatic N) is 2. The first-order chi connectivity index (χ1) is 8.40. The van der Waals surface area contributed by atoms with Crippen LogP contribution in [0.25, 0.3) is 10.1 Å². The second kappa shape index (κ2) is 3.62. The topological polar surface area (TPSA) is 17.8 Å². The molecule has 2 aromatic heterocycles. The quantitative estimate of drug-likeness (QED) is 0.658. The van der Waals surface area contributed by atoms with Gasteiger partial charge < -0.3 is 4.57 Å². The summed E-state index contributed by atoms with van der Waals surface area (Å²) in [5.74, 6) is 0. The van der Waals surface area contributed by atoms with E-state index in [1.165, 1.54) is 15.0 Å². The van der Waals surface area contributed by atoms with Gasteiger partial charge in [-0.05, 0) is 17.5 Å². The second-order valence-corrected chi connectivity index (χ2v) is 6.44. The van der Waals surface area contributed by atoms with E-state index in [0.717, 1.165) is 11.7 Å². The molecule has 1 aliphatic heterocycles. The van der Waals surface area contributed by atoms with Crippen molar-refractivity contribution in [3.05, 3.63) is 47.6 Å². The lowest BCUT2D eigenvalue weighted by molar-refractivity contribution is 0.667. The van der Waals surface area contributed by atoms with E-state index < -0.39 is 0 Å². The molecule has 0 saturated heterocycles. The average Bonchev–Trinajstić information content (AvgIpc) is 3.01. The van der Waals surface area contributed by atoms with E-state index in [1.54, 1.807) is 0 Å². The highest BCUT2D eigenvalue weighted by atomic mass is 32.2. The standard InChI is InChI=1S/C13H10N2S2/c1-2-4-10-9(3-1)7-11(16-10)12-8-15-6-5-14-13(15)17-12/h1-7,12H,8H2/t12-/m0/s1. The van der Waals surface area contributed by atoms with Crippen LogP contribution >= 0.6 is 23.1 Å². The van der Waals surface area contributed by atoms with Crippen molar-refractivity contribution in [3.8, 4) is 0 Å². The Bertz CT molecular complexity index is 630. The Balaban J connectivity index is 1.74. The van der Waals surface area contributed by atoms with Crippen LogP contribution in [0, 0.1) is 0 Å². The largest absolute Gasteiger partial charge is 0.325 e. The van der Waals surface area contributed by atoms with Gasteiger partial charge in [0.05, 0.1) is 5.25 Å². The SMILES string of the molecule is c1ccc2sc([C@@H]3Cn4ccnc4S3)cc2c1. The fourth-order valence-corrected chi connectivity index (χ4v) is 4.60. The van der Waals surface area contributed by atoms with Gasteiger partial charge in [-0.15, -0.1) is 11.3 Å². The molecule has 0 unspecified atom stereocenters. The summed E-state index contributed by atoms with van der Waals surface area (Å²) >= 11 is 3.78. The molecular weight excluding hydrogens is 248 g/mol. The van der Waals surface area contributed by atoms with E-state index in [2.05, 4.69) is 46.1 Å². The summed E-state index contributed by atoms with van der Waals surface area (Å²) in [6.45, 7) is 1.05. The molecule has 4 rings (SSSR count). The van der Waals surface area contributed by atoms with E-state index >= 15 is 0 Å². The van der Waals surface area contributed by atoms with Crippen molar-refractivity contribution in [1.82, 2.24) is 9.55 Å². The van der Waals surface area contributed by atoms with Crippen LogP contribution in [0.1, 0.15) is 10.1 Å². The zero-order valence-corrected chi connectivity index (χ0v) is 10.7. The van der Waals surface area contributed by atoms with Crippen LogP contribution in [-0.4, -0.2) is 9.55 Å². The summed E-state index contributed by atoms with van der Waals surface area (Å²) in [7, 11) is 0. The Hall–Kier alpha value is -1.26. The molecule has 0 aliphatic carbocycles. The zero-order chi connectivity index (χ0) is 11.2. The minimum atomic E-state index is 0.538. The molecule has 0 bridgehead atoms. The van der Waals surface area contributed by atoms with Crippen molar-refractivity contribution < 1.29 is 0 Å². The number of fused-ring (bicyclic) bond motifs is 2. The van der Waals surface area contributed by atoms with Gasteiger partial charge in [0.15, 0.2) is 5.16 Å². The third-order valence-electron chi connectivity index (χ3n) is 3.05. The minimum Gasteiger partial charge on any atom is -0.325 e. The van der Waals surface area contributed by atoms with Crippen molar-refractivity contribution in [3.63, 3.8) is 0 Å². The Morgan fingerprint density at radius 2 is 2.24 bits per heavy atom. The molecule has 3 aromatic rings. The first-order valence-corrected chi connectivity index (χ1v) is 7.26. The molecule has 1 aromatic carbocycles. The first-order valence-electron chi connectivity index (χ1n) is 5.56. The zero-order valence-electron chi connectivity index (χ0n) is 9.04. The van der Waals surface area contributed by atoms with E-state index in [0.29, 0.717) is 5.25 Å². The summed E-state index contributed by atoms with van der Waals surface area (Å²) in [6.07, 6.45) is 3.94. The molecule has 3 heterocycles. The van der Waals surface area contributed by atoms with Crippen molar-refractivity contribution in [2.75, 3.05) is 0 Å². The molecule has 0 radical (unpaired) electrons. The summed E-state index contributed by atoms with van der Waals surface area (Å²) in [5.41, 5.74) is 0. The van der Waals surface area contributed by atoms with Gasteiger partial charge >= 0.3 is 0 Å². The Labute approximate surface area is 107 Å². The number of imidazole rings is 1. The Morgan fingerprint density at radius 3 is 3.12 bits per heavy atom. The maximum absolute atomic E-state index is 4.36. The molecular formula is C13H10N2S2. The van der Waals surface area contributed by atoms with Crippen LogP contribution in [0.2, 0.25) is 0 Å². The van der Waals surface area contributed by atoms with Gasteiger partial charge in [0.1, 0.15) is 0 Å². The third kappa shape index (κ3) is 1.51. The van der Waals surface area contributed by atoms with Crippen LogP contribution < -0.4 is 0 Å². The van der Waals surface area contributed by atoms with E-state index in [9.17, 15) is 0 Å². The highest BCUT2D eigenvalue weighted by Crippen LogP contribution is 2.45. The fraction of sp³-hybridized carbons (Fsp3) is 0.154. The maximum Gasteiger partial charge on any atom is 0.168 e. The first kappa shape index (κ1) is 9.74. The molecule has 1 atom stereocenters. The van der Waals surface area contributed by atoms with Crippen molar-refractivity contribution >= 4 is 33.2 Å². The normalized spacial score (nSPS) is 18.7. The number of thioether (sulfide) groups is 1. The lowest BCUT2D eigenvalue weighted by Crippen LogP contribution is -1.94. The molecule has 0 saturated carbocycles. The van der Waals surface area contributed by atoms with Gasteiger partial charge in [0.25, 0.3) is 0 Å². The molecule has 1 aliphatic rings. The number of benzene rings is 1. The molecule has 0 fully saturated rings. The minimum absolute atomic E-state index is 0.538. The summed E-state index contributed by atoms with van der Waals surface area (Å²) in [4.78, 5) is 5.82. The van der Waals surface area contributed by atoms with E-state index in [4.69, 9.17) is 0 Å². The maximum atomic E-state index is 4.36. The molecule has 0 spiro atoms. The number of hydrogen-bond donors (Lipinski definition) is 0. The van der Waals surface area contributed by atoms with Crippen LogP contribution in [0.15, 0.2) is 47.9 Å². The Morgan fingerprint density at radius 1 is 1.29 bits per heavy atom. The Kier molecular flexibility index (Phi) is 2.07.